The van der Waals surface area contributed by atoms with Crippen molar-refractivity contribution in [2.45, 2.75) is 51.4 Å². The lowest BCUT2D eigenvalue weighted by Crippen LogP contribution is -2.52. The third-order valence-corrected chi connectivity index (χ3v) is 6.77. The zero-order valence-corrected chi connectivity index (χ0v) is 16.5. The minimum atomic E-state index is -0.889. The first-order chi connectivity index (χ1) is 14.4. The first kappa shape index (κ1) is 18.8. The maximum atomic E-state index is 14.2. The molecule has 8 heteroatoms. The van der Waals surface area contributed by atoms with Crippen molar-refractivity contribution in [3.8, 4) is 5.75 Å². The lowest BCUT2D eigenvalue weighted by atomic mass is 9.95. The van der Waals surface area contributed by atoms with Crippen molar-refractivity contribution in [1.29, 1.82) is 0 Å². The highest BCUT2D eigenvalue weighted by atomic mass is 19.1. The lowest BCUT2D eigenvalue weighted by molar-refractivity contribution is 0.0482. The molecular formula is C22H22FN3O4. The molecular weight excluding hydrogens is 389 g/mol. The zero-order chi connectivity index (χ0) is 21.2. The van der Waals surface area contributed by atoms with Crippen LogP contribution in [0.15, 0.2) is 29.2 Å². The summed E-state index contributed by atoms with van der Waals surface area (Å²) in [6.45, 7) is 1.99. The summed E-state index contributed by atoms with van der Waals surface area (Å²) in [6.07, 6.45) is 4.32. The summed E-state index contributed by atoms with van der Waals surface area (Å²) in [5.74, 6) is -1.76. The summed E-state index contributed by atoms with van der Waals surface area (Å²) >= 11 is 0. The van der Waals surface area contributed by atoms with E-state index in [1.807, 2.05) is 4.90 Å². The van der Waals surface area contributed by atoms with Crippen molar-refractivity contribution in [3.05, 3.63) is 62.8 Å². The molecule has 3 atom stereocenters. The van der Waals surface area contributed by atoms with Crippen LogP contribution >= 0.6 is 0 Å². The Morgan fingerprint density at radius 1 is 1.30 bits per heavy atom. The number of aromatic hydroxyl groups is 1. The van der Waals surface area contributed by atoms with Gasteiger partial charge in [0.05, 0.1) is 6.04 Å². The second-order valence-corrected chi connectivity index (χ2v) is 8.46. The van der Waals surface area contributed by atoms with Crippen LogP contribution in [0.25, 0.3) is 0 Å². The number of carbonyl (C=O) groups excluding carboxylic acids is 2. The predicted molar refractivity (Wildman–Crippen MR) is 106 cm³/mol. The van der Waals surface area contributed by atoms with Crippen LogP contribution in [0.4, 0.5) is 4.39 Å². The average Bonchev–Trinajstić information content (AvgIpc) is 3.33. The van der Waals surface area contributed by atoms with Gasteiger partial charge in [0.25, 0.3) is 11.8 Å². The fraction of sp³-hybridized carbons (Fsp3) is 0.409. The highest BCUT2D eigenvalue weighted by Crippen LogP contribution is 2.45. The highest BCUT2D eigenvalue weighted by molar-refractivity contribution is 5.99. The number of piperidine rings is 1. The Kier molecular flexibility index (Phi) is 4.20. The number of aromatic nitrogens is 1. The van der Waals surface area contributed by atoms with Crippen LogP contribution in [0.2, 0.25) is 0 Å². The molecule has 1 saturated heterocycles. The summed E-state index contributed by atoms with van der Waals surface area (Å²) in [6, 6.07) is 5.07. The molecule has 2 N–H and O–H groups in total. The van der Waals surface area contributed by atoms with Crippen LogP contribution in [-0.2, 0) is 13.1 Å². The molecule has 2 aromatic rings. The van der Waals surface area contributed by atoms with Crippen LogP contribution in [0.1, 0.15) is 51.2 Å². The third-order valence-electron chi connectivity index (χ3n) is 6.77. The van der Waals surface area contributed by atoms with E-state index in [0.29, 0.717) is 23.6 Å². The molecule has 2 bridgehead atoms. The first-order valence-electron chi connectivity index (χ1n) is 10.2. The van der Waals surface area contributed by atoms with Gasteiger partial charge in [-0.15, -0.1) is 0 Å². The van der Waals surface area contributed by atoms with E-state index in [4.69, 9.17) is 0 Å². The minimum Gasteiger partial charge on any atom is -0.503 e. The largest absolute Gasteiger partial charge is 0.503 e. The van der Waals surface area contributed by atoms with E-state index < -0.39 is 22.9 Å². The number of hydrogen-bond acceptors (Lipinski definition) is 4. The Bertz CT molecular complexity index is 1140. The van der Waals surface area contributed by atoms with Gasteiger partial charge in [0.15, 0.2) is 11.4 Å². The Hall–Kier alpha value is -3.16. The van der Waals surface area contributed by atoms with E-state index in [1.54, 1.807) is 25.1 Å². The molecule has 2 fully saturated rings. The third kappa shape index (κ3) is 2.66. The summed E-state index contributed by atoms with van der Waals surface area (Å²) in [5, 5.41) is 13.0. The van der Waals surface area contributed by atoms with E-state index in [9.17, 15) is 23.9 Å². The van der Waals surface area contributed by atoms with Gasteiger partial charge in [-0.1, -0.05) is 18.2 Å². The number of halogens is 1. The Labute approximate surface area is 172 Å². The van der Waals surface area contributed by atoms with Gasteiger partial charge in [-0.3, -0.25) is 14.4 Å². The molecule has 0 radical (unpaired) electrons. The van der Waals surface area contributed by atoms with Gasteiger partial charge in [0, 0.05) is 30.9 Å². The summed E-state index contributed by atoms with van der Waals surface area (Å²) in [5.41, 5.74) is -0.431. The van der Waals surface area contributed by atoms with Crippen molar-refractivity contribution >= 4 is 11.8 Å². The molecule has 1 saturated carbocycles. The number of aryl methyl sites for hydroxylation is 1. The normalized spacial score (nSPS) is 24.0. The second-order valence-electron chi connectivity index (χ2n) is 8.46. The highest BCUT2D eigenvalue weighted by Gasteiger charge is 2.51. The standard InChI is InChI=1S/C22H22FN3O4/c1-11-3-2-4-13(17(11)23)8-24-21(29)15-9-25-10-16-12-5-6-14(7-12)26(16)22(30)18(25)20(28)19(15)27/h2-4,9,12,14,16,28H,5-8,10H2,1H3,(H,24,29)/t12-,14+,16+/m1/s1. The van der Waals surface area contributed by atoms with Crippen LogP contribution in [0, 0.1) is 18.7 Å². The number of nitrogens with zero attached hydrogens (tertiary/aromatic N) is 2. The van der Waals surface area contributed by atoms with E-state index in [1.165, 1.54) is 10.8 Å². The molecule has 1 aromatic heterocycles. The minimum absolute atomic E-state index is 0.0305. The Morgan fingerprint density at radius 3 is 2.90 bits per heavy atom. The number of pyridine rings is 1. The Morgan fingerprint density at radius 2 is 2.10 bits per heavy atom. The molecule has 3 aliphatic rings. The number of rotatable bonds is 3. The molecule has 0 spiro atoms. The van der Waals surface area contributed by atoms with Crippen molar-refractivity contribution in [3.63, 3.8) is 0 Å². The first-order valence-corrected chi connectivity index (χ1v) is 10.2. The van der Waals surface area contributed by atoms with E-state index >= 15 is 0 Å². The number of benzene rings is 1. The van der Waals surface area contributed by atoms with Crippen LogP contribution < -0.4 is 10.7 Å². The van der Waals surface area contributed by atoms with Gasteiger partial charge in [-0.2, -0.15) is 0 Å². The number of hydrogen-bond donors (Lipinski definition) is 2. The molecule has 2 aliphatic heterocycles. The predicted octanol–water partition coefficient (Wildman–Crippen LogP) is 1.94. The quantitative estimate of drug-likeness (QED) is 0.808. The van der Waals surface area contributed by atoms with E-state index in [0.717, 1.165) is 19.3 Å². The maximum Gasteiger partial charge on any atom is 0.275 e. The lowest BCUT2D eigenvalue weighted by Gasteiger charge is -2.40. The SMILES string of the molecule is Cc1cccc(CNC(=O)c2cn3c(c(O)c2=O)C(=O)N2[C@H]4CC[C@H](C4)[C@@H]2C3)c1F. The molecule has 1 aliphatic carbocycles. The van der Waals surface area contributed by atoms with Crippen molar-refractivity contribution in [1.82, 2.24) is 14.8 Å². The monoisotopic (exact) mass is 411 g/mol. The summed E-state index contributed by atoms with van der Waals surface area (Å²) in [7, 11) is 0. The fourth-order valence-corrected chi connectivity index (χ4v) is 5.26. The number of carbonyl (C=O) groups is 2. The molecule has 30 heavy (non-hydrogen) atoms. The van der Waals surface area contributed by atoms with E-state index in [-0.39, 0.29) is 35.8 Å². The number of amides is 2. The number of fused-ring (bicyclic) bond motifs is 6. The molecule has 7 nitrogen and oxygen atoms in total. The van der Waals surface area contributed by atoms with Crippen molar-refractivity contribution < 1.29 is 19.1 Å². The second kappa shape index (κ2) is 6.68. The molecule has 156 valence electrons. The number of nitrogens with one attached hydrogen (secondary N) is 1. The molecule has 0 unspecified atom stereocenters. The zero-order valence-electron chi connectivity index (χ0n) is 16.5. The van der Waals surface area contributed by atoms with Crippen molar-refractivity contribution in [2.75, 3.05) is 0 Å². The molecule has 3 heterocycles. The molecule has 1 aromatic carbocycles. The van der Waals surface area contributed by atoms with Crippen molar-refractivity contribution in [2.24, 2.45) is 5.92 Å². The van der Waals surface area contributed by atoms with Crippen LogP contribution in [-0.4, -0.2) is 38.5 Å². The molecule has 2 amide bonds. The Balaban J connectivity index is 1.45. The van der Waals surface area contributed by atoms with E-state index in [2.05, 4.69) is 5.32 Å². The smallest absolute Gasteiger partial charge is 0.275 e. The topological polar surface area (TPSA) is 91.6 Å². The van der Waals surface area contributed by atoms with Gasteiger partial charge >= 0.3 is 0 Å². The van der Waals surface area contributed by atoms with Gasteiger partial charge in [-0.25, -0.2) is 4.39 Å². The average molecular weight is 411 g/mol. The van der Waals surface area contributed by atoms with Gasteiger partial charge in [0.2, 0.25) is 5.43 Å². The van der Waals surface area contributed by atoms with Crippen LogP contribution in [0.3, 0.4) is 0 Å². The van der Waals surface area contributed by atoms with Gasteiger partial charge < -0.3 is 19.9 Å². The maximum absolute atomic E-state index is 14.2. The molecule has 5 rings (SSSR count). The van der Waals surface area contributed by atoms with Gasteiger partial charge in [-0.05, 0) is 37.7 Å². The summed E-state index contributed by atoms with van der Waals surface area (Å²) in [4.78, 5) is 40.1. The fourth-order valence-electron chi connectivity index (χ4n) is 5.26. The summed E-state index contributed by atoms with van der Waals surface area (Å²) < 4.78 is 15.7. The van der Waals surface area contributed by atoms with Gasteiger partial charge in [0.1, 0.15) is 11.4 Å². The van der Waals surface area contributed by atoms with Crippen LogP contribution in [0.5, 0.6) is 5.75 Å².